The van der Waals surface area contributed by atoms with Gasteiger partial charge in [-0.2, -0.15) is 0 Å². The number of aliphatic imine (C=N–C) groups is 1. The number of guanidine groups is 1. The number of rotatable bonds is 6. The Bertz CT molecular complexity index is 823. The second-order valence-electron chi connectivity index (χ2n) is 5.47. The molecular weight excluding hydrogens is 437 g/mol. The summed E-state index contributed by atoms with van der Waals surface area (Å²) in [6.07, 6.45) is 0. The molecule has 0 aliphatic carbocycles. The van der Waals surface area contributed by atoms with Crippen LogP contribution in [0.4, 0.5) is 5.69 Å². The number of nitrogens with zero attached hydrogens (tertiary/aromatic N) is 1. The quantitative estimate of drug-likeness (QED) is 0.242. The van der Waals surface area contributed by atoms with Crippen molar-refractivity contribution in [2.45, 2.75) is 0 Å². The highest BCUT2D eigenvalue weighted by atomic mass is 127. The molecule has 0 unspecified atom stereocenters. The maximum Gasteiger partial charge on any atom is 0.193 e. The van der Waals surface area contributed by atoms with E-state index in [-0.39, 0.29) is 24.0 Å². The van der Waals surface area contributed by atoms with Gasteiger partial charge in [-0.3, -0.25) is 0 Å². The maximum atomic E-state index is 5.90. The number of nitrogens with two attached hydrogens (primary N) is 1. The van der Waals surface area contributed by atoms with Crippen LogP contribution < -0.4 is 15.8 Å². The van der Waals surface area contributed by atoms with Crippen molar-refractivity contribution >= 4 is 35.6 Å². The highest BCUT2D eigenvalue weighted by Gasteiger charge is 2.04. The van der Waals surface area contributed by atoms with E-state index in [1.807, 2.05) is 66.7 Å². The first-order valence-electron chi connectivity index (χ1n) is 8.22. The van der Waals surface area contributed by atoms with Crippen LogP contribution >= 0.6 is 24.0 Å². The summed E-state index contributed by atoms with van der Waals surface area (Å²) in [5.41, 5.74) is 9.01. The summed E-state index contributed by atoms with van der Waals surface area (Å²) in [7, 11) is 0. The van der Waals surface area contributed by atoms with Gasteiger partial charge >= 0.3 is 0 Å². The van der Waals surface area contributed by atoms with Gasteiger partial charge in [0, 0.05) is 11.3 Å². The second-order valence-corrected chi connectivity index (χ2v) is 5.47. The number of hydrogen-bond acceptors (Lipinski definition) is 2. The third-order valence-corrected chi connectivity index (χ3v) is 3.65. The number of halogens is 1. The number of anilines is 1. The van der Waals surface area contributed by atoms with Gasteiger partial charge in [0.05, 0.1) is 6.54 Å². The lowest BCUT2D eigenvalue weighted by atomic mass is 10.1. The van der Waals surface area contributed by atoms with Gasteiger partial charge in [-0.1, -0.05) is 66.7 Å². The molecule has 0 saturated heterocycles. The van der Waals surface area contributed by atoms with Crippen molar-refractivity contribution in [1.82, 2.24) is 0 Å². The first-order chi connectivity index (χ1) is 12.3. The molecule has 0 aromatic heterocycles. The summed E-state index contributed by atoms with van der Waals surface area (Å²) >= 11 is 0. The predicted octanol–water partition coefficient (Wildman–Crippen LogP) is 4.78. The Morgan fingerprint density at radius 1 is 0.846 bits per heavy atom. The molecule has 0 saturated carbocycles. The van der Waals surface area contributed by atoms with E-state index in [4.69, 9.17) is 10.5 Å². The van der Waals surface area contributed by atoms with Crippen LogP contribution in [0.15, 0.2) is 89.9 Å². The fraction of sp³-hybridized carbons (Fsp3) is 0.0952. The average Bonchev–Trinajstić information content (AvgIpc) is 2.67. The lowest BCUT2D eigenvalue weighted by Gasteiger charge is -2.11. The number of para-hydroxylation sites is 2. The monoisotopic (exact) mass is 459 g/mol. The van der Waals surface area contributed by atoms with E-state index in [2.05, 4.69) is 28.5 Å². The molecule has 0 bridgehead atoms. The minimum atomic E-state index is 0. The fourth-order valence-corrected chi connectivity index (χ4v) is 2.48. The molecule has 0 radical (unpaired) electrons. The smallest absolute Gasteiger partial charge is 0.193 e. The average molecular weight is 459 g/mol. The van der Waals surface area contributed by atoms with Gasteiger partial charge in [0.25, 0.3) is 0 Å². The molecule has 134 valence electrons. The first kappa shape index (κ1) is 19.8. The maximum absolute atomic E-state index is 5.90. The van der Waals surface area contributed by atoms with Crippen molar-refractivity contribution in [3.05, 3.63) is 84.9 Å². The summed E-state index contributed by atoms with van der Waals surface area (Å²) < 4.78 is 5.90. The van der Waals surface area contributed by atoms with Gasteiger partial charge in [-0.15, -0.1) is 24.0 Å². The number of ether oxygens (including phenoxy) is 1. The van der Waals surface area contributed by atoms with Crippen LogP contribution in [0, 0.1) is 0 Å². The first-order valence-corrected chi connectivity index (χ1v) is 8.22. The highest BCUT2D eigenvalue weighted by molar-refractivity contribution is 14.0. The Morgan fingerprint density at radius 2 is 1.46 bits per heavy atom. The summed E-state index contributed by atoms with van der Waals surface area (Å²) in [5, 5.41) is 3.05. The third kappa shape index (κ3) is 5.77. The zero-order valence-corrected chi connectivity index (χ0v) is 16.7. The Morgan fingerprint density at radius 3 is 2.19 bits per heavy atom. The molecule has 0 amide bonds. The Hall–Kier alpha value is -2.54. The largest absolute Gasteiger partial charge is 0.491 e. The van der Waals surface area contributed by atoms with Crippen LogP contribution in [0.2, 0.25) is 0 Å². The van der Waals surface area contributed by atoms with E-state index >= 15 is 0 Å². The van der Waals surface area contributed by atoms with E-state index in [1.165, 1.54) is 0 Å². The molecule has 3 aromatic rings. The lowest BCUT2D eigenvalue weighted by Crippen LogP contribution is -2.23. The van der Waals surface area contributed by atoms with Crippen molar-refractivity contribution in [2.75, 3.05) is 18.5 Å². The van der Waals surface area contributed by atoms with Crippen molar-refractivity contribution in [1.29, 1.82) is 0 Å². The molecule has 0 aliphatic rings. The summed E-state index contributed by atoms with van der Waals surface area (Å²) in [6, 6.07) is 27.9. The molecule has 3 rings (SSSR count). The Kier molecular flexibility index (Phi) is 7.95. The van der Waals surface area contributed by atoms with Gasteiger partial charge in [-0.25, -0.2) is 4.99 Å². The zero-order chi connectivity index (χ0) is 17.3. The molecule has 4 nitrogen and oxygen atoms in total. The Balaban J connectivity index is 0.00000243. The van der Waals surface area contributed by atoms with E-state index < -0.39 is 0 Å². The Labute approximate surface area is 171 Å². The molecule has 3 N–H and O–H groups in total. The van der Waals surface area contributed by atoms with Crippen LogP contribution in [-0.2, 0) is 0 Å². The van der Waals surface area contributed by atoms with E-state index in [0.717, 1.165) is 22.6 Å². The molecule has 0 aliphatic heterocycles. The van der Waals surface area contributed by atoms with Gasteiger partial charge < -0.3 is 15.8 Å². The molecule has 26 heavy (non-hydrogen) atoms. The third-order valence-electron chi connectivity index (χ3n) is 3.65. The summed E-state index contributed by atoms with van der Waals surface area (Å²) in [6.45, 7) is 0.940. The van der Waals surface area contributed by atoms with Crippen molar-refractivity contribution in [3.63, 3.8) is 0 Å². The molecule has 0 fully saturated rings. The lowest BCUT2D eigenvalue weighted by molar-refractivity contribution is 0.330. The highest BCUT2D eigenvalue weighted by Crippen LogP contribution is 2.29. The second kappa shape index (κ2) is 10.5. The summed E-state index contributed by atoms with van der Waals surface area (Å²) in [4.78, 5) is 4.30. The van der Waals surface area contributed by atoms with Crippen LogP contribution in [0.5, 0.6) is 5.75 Å². The van der Waals surface area contributed by atoms with Gasteiger partial charge in [0.15, 0.2) is 5.96 Å². The molecule has 0 spiro atoms. The number of hydrogen-bond donors (Lipinski definition) is 2. The minimum Gasteiger partial charge on any atom is -0.491 e. The predicted molar refractivity (Wildman–Crippen MR) is 119 cm³/mol. The zero-order valence-electron chi connectivity index (χ0n) is 14.3. The molecule has 0 heterocycles. The van der Waals surface area contributed by atoms with Crippen molar-refractivity contribution in [2.24, 2.45) is 10.7 Å². The number of nitrogens with one attached hydrogen (secondary N) is 1. The standard InChI is InChI=1S/C21H21N3O.HI/c22-21(24-18-11-5-2-6-12-18)23-15-16-25-20-14-8-7-13-19(20)17-9-3-1-4-10-17;/h1-14H,15-16H2,(H3,22,23,24);1H. The summed E-state index contributed by atoms with van der Waals surface area (Å²) in [5.74, 6) is 1.23. The van der Waals surface area contributed by atoms with Crippen LogP contribution in [0.1, 0.15) is 0 Å². The topological polar surface area (TPSA) is 59.6 Å². The minimum absolute atomic E-state index is 0. The number of benzene rings is 3. The van der Waals surface area contributed by atoms with E-state index in [0.29, 0.717) is 19.1 Å². The normalized spacial score (nSPS) is 10.7. The molecule has 0 atom stereocenters. The van der Waals surface area contributed by atoms with Crippen molar-refractivity contribution in [3.8, 4) is 16.9 Å². The van der Waals surface area contributed by atoms with Crippen LogP contribution in [0.25, 0.3) is 11.1 Å². The van der Waals surface area contributed by atoms with Gasteiger partial charge in [0.1, 0.15) is 12.4 Å². The van der Waals surface area contributed by atoms with Crippen molar-refractivity contribution < 1.29 is 4.74 Å². The van der Waals surface area contributed by atoms with E-state index in [1.54, 1.807) is 0 Å². The molecular formula is C21H22IN3O. The van der Waals surface area contributed by atoms with E-state index in [9.17, 15) is 0 Å². The molecule has 3 aromatic carbocycles. The van der Waals surface area contributed by atoms with Gasteiger partial charge in [-0.05, 0) is 23.8 Å². The molecule has 5 heteroatoms. The fourth-order valence-electron chi connectivity index (χ4n) is 2.48. The van der Waals surface area contributed by atoms with Gasteiger partial charge in [0.2, 0.25) is 0 Å². The van der Waals surface area contributed by atoms with Crippen LogP contribution in [-0.4, -0.2) is 19.1 Å². The SMILES string of the molecule is I.NC(=NCCOc1ccccc1-c1ccccc1)Nc1ccccc1. The van der Waals surface area contributed by atoms with Crippen LogP contribution in [0.3, 0.4) is 0 Å².